The van der Waals surface area contributed by atoms with Gasteiger partial charge in [-0.15, -0.1) is 0 Å². The maximum absolute atomic E-state index is 13.9. The fourth-order valence-corrected chi connectivity index (χ4v) is 4.45. The Morgan fingerprint density at radius 1 is 0.872 bits per heavy atom. The third kappa shape index (κ3) is 5.60. The van der Waals surface area contributed by atoms with Crippen LogP contribution in [0.2, 0.25) is 0 Å². The van der Waals surface area contributed by atoms with Crippen molar-refractivity contribution in [2.75, 3.05) is 16.8 Å². The number of anilines is 2. The number of amides is 3. The van der Waals surface area contributed by atoms with E-state index in [1.54, 1.807) is 24.3 Å². The van der Waals surface area contributed by atoms with Crippen molar-refractivity contribution in [2.24, 2.45) is 4.99 Å². The third-order valence-electron chi connectivity index (χ3n) is 6.37. The lowest BCUT2D eigenvalue weighted by molar-refractivity contribution is -0.120. The van der Waals surface area contributed by atoms with Crippen molar-refractivity contribution < 1.29 is 18.8 Å². The van der Waals surface area contributed by atoms with Gasteiger partial charge in [0.1, 0.15) is 5.82 Å². The van der Waals surface area contributed by atoms with E-state index >= 15 is 0 Å². The van der Waals surface area contributed by atoms with Gasteiger partial charge in [0.2, 0.25) is 6.17 Å². The quantitative estimate of drug-likeness (QED) is 0.336. The molecule has 0 spiro atoms. The molecule has 2 N–H and O–H groups in total. The zero-order valence-corrected chi connectivity index (χ0v) is 21.1. The molecule has 5 rings (SSSR count). The number of nitrogens with zero attached hydrogens (tertiary/aromatic N) is 2. The van der Waals surface area contributed by atoms with Crippen LogP contribution in [0.1, 0.15) is 27.0 Å². The standard InChI is InChI=1S/C31H25FN4O3/c1-20-9-5-6-12-24(20)27(37)19-36-26-14-8-7-13-25(26)28(21-10-3-2-4-11-21)34-29(30(36)38)35-31(39)33-23-17-15-22(32)16-18-23/h2-18,29H,19H2,1H3,(H2,33,35,39)/t29-/m0/s1. The largest absolute Gasteiger partial charge is 0.321 e. The molecule has 0 radical (unpaired) electrons. The summed E-state index contributed by atoms with van der Waals surface area (Å²) in [6.07, 6.45) is -1.34. The number of urea groups is 1. The molecule has 8 heteroatoms. The molecule has 4 aromatic carbocycles. The monoisotopic (exact) mass is 520 g/mol. The van der Waals surface area contributed by atoms with E-state index in [1.165, 1.54) is 29.2 Å². The van der Waals surface area contributed by atoms with E-state index in [4.69, 9.17) is 4.99 Å². The molecule has 1 atom stereocenters. The zero-order valence-electron chi connectivity index (χ0n) is 21.1. The Bertz CT molecular complexity index is 1570. The van der Waals surface area contributed by atoms with E-state index in [0.717, 1.165) is 11.1 Å². The van der Waals surface area contributed by atoms with E-state index in [1.807, 2.05) is 61.5 Å². The van der Waals surface area contributed by atoms with E-state index in [9.17, 15) is 18.8 Å². The number of rotatable bonds is 6. The maximum Gasteiger partial charge on any atom is 0.321 e. The number of carbonyl (C=O) groups is 3. The number of benzene rings is 4. The smallest absolute Gasteiger partial charge is 0.308 e. The summed E-state index contributed by atoms with van der Waals surface area (Å²) in [4.78, 5) is 46.3. The summed E-state index contributed by atoms with van der Waals surface area (Å²) < 4.78 is 13.3. The second-order valence-corrected chi connectivity index (χ2v) is 9.03. The minimum Gasteiger partial charge on any atom is -0.308 e. The van der Waals surface area contributed by atoms with Crippen molar-refractivity contribution in [2.45, 2.75) is 13.1 Å². The summed E-state index contributed by atoms with van der Waals surface area (Å²) >= 11 is 0. The van der Waals surface area contributed by atoms with Gasteiger partial charge in [-0.2, -0.15) is 0 Å². The maximum atomic E-state index is 13.9. The van der Waals surface area contributed by atoms with Gasteiger partial charge in [-0.1, -0.05) is 72.8 Å². The molecule has 0 bridgehead atoms. The molecule has 194 valence electrons. The van der Waals surface area contributed by atoms with Crippen molar-refractivity contribution in [3.63, 3.8) is 0 Å². The third-order valence-corrected chi connectivity index (χ3v) is 6.37. The Hall–Kier alpha value is -5.11. The highest BCUT2D eigenvalue weighted by Crippen LogP contribution is 2.29. The number of fused-ring (bicyclic) bond motifs is 1. The molecule has 1 aliphatic heterocycles. The van der Waals surface area contributed by atoms with Crippen LogP contribution in [0.25, 0.3) is 0 Å². The molecule has 0 fully saturated rings. The molecule has 0 aliphatic carbocycles. The molecule has 39 heavy (non-hydrogen) atoms. The molecule has 0 aromatic heterocycles. The second kappa shape index (κ2) is 11.1. The lowest BCUT2D eigenvalue weighted by atomic mass is 9.99. The predicted octanol–water partition coefficient (Wildman–Crippen LogP) is 5.35. The zero-order chi connectivity index (χ0) is 27.4. The first kappa shape index (κ1) is 25.5. The predicted molar refractivity (Wildman–Crippen MR) is 149 cm³/mol. The molecule has 0 unspecified atom stereocenters. The van der Waals surface area contributed by atoms with E-state index in [-0.39, 0.29) is 12.3 Å². The topological polar surface area (TPSA) is 90.9 Å². The summed E-state index contributed by atoms with van der Waals surface area (Å²) in [5.74, 6) is -1.25. The first-order valence-corrected chi connectivity index (χ1v) is 12.4. The SMILES string of the molecule is Cc1ccccc1C(=O)CN1C(=O)[C@H](NC(=O)Nc2ccc(F)cc2)N=C(c2ccccc2)c2ccccc21. The normalized spacial score (nSPS) is 14.6. The van der Waals surface area contributed by atoms with Crippen molar-refractivity contribution in [1.29, 1.82) is 0 Å². The number of hydrogen-bond donors (Lipinski definition) is 2. The van der Waals surface area contributed by atoms with Crippen LogP contribution in [0, 0.1) is 12.7 Å². The highest BCUT2D eigenvalue weighted by atomic mass is 19.1. The van der Waals surface area contributed by atoms with Crippen LogP contribution in [0.5, 0.6) is 0 Å². The fraction of sp³-hybridized carbons (Fsp3) is 0.0968. The minimum absolute atomic E-state index is 0.240. The summed E-state index contributed by atoms with van der Waals surface area (Å²) in [6, 6.07) is 28.3. The summed E-state index contributed by atoms with van der Waals surface area (Å²) in [7, 11) is 0. The van der Waals surface area contributed by atoms with E-state index < -0.39 is 23.9 Å². The number of ketones is 1. The van der Waals surface area contributed by atoms with Crippen molar-refractivity contribution in [1.82, 2.24) is 5.32 Å². The highest BCUT2D eigenvalue weighted by Gasteiger charge is 2.34. The van der Waals surface area contributed by atoms with Crippen molar-refractivity contribution >= 4 is 34.8 Å². The minimum atomic E-state index is -1.34. The van der Waals surface area contributed by atoms with Gasteiger partial charge >= 0.3 is 6.03 Å². The molecule has 1 aliphatic rings. The van der Waals surface area contributed by atoms with Crippen molar-refractivity contribution in [3.8, 4) is 0 Å². The van der Waals surface area contributed by atoms with Crippen LogP contribution in [0.3, 0.4) is 0 Å². The number of halogens is 1. The number of aliphatic imine (C=N–C) groups is 1. The number of carbonyl (C=O) groups excluding carboxylic acids is 3. The first-order chi connectivity index (χ1) is 18.9. The van der Waals surface area contributed by atoms with Gasteiger partial charge in [0.15, 0.2) is 5.78 Å². The van der Waals surface area contributed by atoms with Crippen LogP contribution in [-0.2, 0) is 4.79 Å². The van der Waals surface area contributed by atoms with Crippen LogP contribution in [0.15, 0.2) is 108 Å². The second-order valence-electron chi connectivity index (χ2n) is 9.03. The van der Waals surface area contributed by atoms with Gasteiger partial charge in [-0.05, 0) is 42.8 Å². The summed E-state index contributed by atoms with van der Waals surface area (Å²) in [5.41, 5.74) is 4.06. The van der Waals surface area contributed by atoms with E-state index in [2.05, 4.69) is 10.6 Å². The first-order valence-electron chi connectivity index (χ1n) is 12.4. The number of para-hydroxylation sites is 1. The van der Waals surface area contributed by atoms with Crippen molar-refractivity contribution in [3.05, 3.63) is 131 Å². The average molecular weight is 521 g/mol. The highest BCUT2D eigenvalue weighted by molar-refractivity contribution is 6.21. The Kier molecular flexibility index (Phi) is 7.27. The fourth-order valence-electron chi connectivity index (χ4n) is 4.45. The molecular weight excluding hydrogens is 495 g/mol. The number of benzodiazepines with no additional fused rings is 1. The molecule has 1 heterocycles. The summed E-state index contributed by atoms with van der Waals surface area (Å²) in [5, 5.41) is 5.23. The average Bonchev–Trinajstić information content (AvgIpc) is 3.05. The Morgan fingerprint density at radius 2 is 1.54 bits per heavy atom. The van der Waals surface area contributed by atoms with Gasteiger partial charge in [0.05, 0.1) is 17.9 Å². The molecule has 3 amide bonds. The van der Waals surface area contributed by atoms with Gasteiger partial charge in [-0.3, -0.25) is 9.59 Å². The van der Waals surface area contributed by atoms with Crippen LogP contribution < -0.4 is 15.5 Å². The molecule has 0 saturated carbocycles. The number of hydrogen-bond acceptors (Lipinski definition) is 4. The van der Waals surface area contributed by atoms with Crippen LogP contribution in [0.4, 0.5) is 20.6 Å². The van der Waals surface area contributed by atoms with Gasteiger partial charge in [0, 0.05) is 22.4 Å². The molecule has 4 aromatic rings. The Morgan fingerprint density at radius 3 is 2.28 bits per heavy atom. The van der Waals surface area contributed by atoms with Gasteiger partial charge < -0.3 is 15.5 Å². The lowest BCUT2D eigenvalue weighted by Gasteiger charge is -2.25. The molecular formula is C31H25FN4O3. The van der Waals surface area contributed by atoms with Gasteiger partial charge in [-0.25, -0.2) is 14.2 Å². The molecule has 0 saturated heterocycles. The number of Topliss-reactive ketones (excluding diaryl/α,β-unsaturated/α-hetero) is 1. The van der Waals surface area contributed by atoms with Crippen LogP contribution in [-0.4, -0.2) is 36.1 Å². The Labute approximate surface area is 225 Å². The lowest BCUT2D eigenvalue weighted by Crippen LogP contribution is -2.50. The molecule has 7 nitrogen and oxygen atoms in total. The summed E-state index contributed by atoms with van der Waals surface area (Å²) in [6.45, 7) is 1.60. The van der Waals surface area contributed by atoms with E-state index in [0.29, 0.717) is 28.2 Å². The Balaban J connectivity index is 1.54. The number of nitrogens with one attached hydrogen (secondary N) is 2. The number of aryl methyl sites for hydroxylation is 1. The van der Waals surface area contributed by atoms with Crippen LogP contribution >= 0.6 is 0 Å². The van der Waals surface area contributed by atoms with Gasteiger partial charge in [0.25, 0.3) is 5.91 Å².